The highest BCUT2D eigenvalue weighted by Gasteiger charge is 2.26. The number of benzene rings is 1. The average Bonchev–Trinajstić information content (AvgIpc) is 2.74. The lowest BCUT2D eigenvalue weighted by molar-refractivity contribution is 0.0526. The van der Waals surface area contributed by atoms with E-state index in [-0.39, 0.29) is 5.97 Å². The van der Waals surface area contributed by atoms with Crippen molar-refractivity contribution >= 4 is 22.6 Å². The summed E-state index contributed by atoms with van der Waals surface area (Å²) in [5.41, 5.74) is 6.86. The summed E-state index contributed by atoms with van der Waals surface area (Å²) in [5, 5.41) is 0.979. The van der Waals surface area contributed by atoms with Crippen molar-refractivity contribution in [2.24, 2.45) is 0 Å². The first-order chi connectivity index (χ1) is 14.0. The first kappa shape index (κ1) is 19.3. The van der Waals surface area contributed by atoms with Crippen molar-refractivity contribution in [2.45, 2.75) is 47.1 Å². The number of pyridine rings is 1. The molecule has 3 aromatic rings. The van der Waals surface area contributed by atoms with Gasteiger partial charge in [-0.2, -0.15) is 0 Å². The second-order valence-corrected chi connectivity index (χ2v) is 7.43. The first-order valence-electron chi connectivity index (χ1n) is 10.2. The van der Waals surface area contributed by atoms with Crippen LogP contribution in [-0.2, 0) is 24.1 Å². The third-order valence-electron chi connectivity index (χ3n) is 5.66. The van der Waals surface area contributed by atoms with E-state index in [2.05, 4.69) is 47.8 Å². The van der Waals surface area contributed by atoms with Crippen LogP contribution in [0.5, 0.6) is 0 Å². The molecule has 0 bridgehead atoms. The van der Waals surface area contributed by atoms with E-state index in [0.29, 0.717) is 18.7 Å². The number of fused-ring (bicyclic) bond motifs is 2. The number of carbonyl (C=O) groups is 1. The van der Waals surface area contributed by atoms with Crippen LogP contribution in [0, 0.1) is 13.8 Å². The molecule has 1 aliphatic heterocycles. The summed E-state index contributed by atoms with van der Waals surface area (Å²) in [7, 11) is 0. The normalized spacial score (nSPS) is 13.4. The van der Waals surface area contributed by atoms with Gasteiger partial charge < -0.3 is 9.64 Å². The van der Waals surface area contributed by atoms with Gasteiger partial charge >= 0.3 is 5.97 Å². The Balaban J connectivity index is 1.87. The van der Waals surface area contributed by atoms with E-state index in [1.165, 1.54) is 11.1 Å². The molecule has 3 heterocycles. The summed E-state index contributed by atoms with van der Waals surface area (Å²) in [6, 6.07) is 4.16. The van der Waals surface area contributed by atoms with E-state index < -0.39 is 0 Å². The Bertz CT molecular complexity index is 1090. The Morgan fingerprint density at radius 3 is 2.76 bits per heavy atom. The van der Waals surface area contributed by atoms with Crippen LogP contribution in [0.25, 0.3) is 10.9 Å². The second kappa shape index (κ2) is 7.78. The quantitative estimate of drug-likeness (QED) is 0.629. The molecular weight excluding hydrogens is 364 g/mol. The van der Waals surface area contributed by atoms with Crippen molar-refractivity contribution in [3.05, 3.63) is 58.3 Å². The second-order valence-electron chi connectivity index (χ2n) is 7.43. The number of hydrogen-bond acceptors (Lipinski definition) is 6. The lowest BCUT2D eigenvalue weighted by Gasteiger charge is -2.32. The van der Waals surface area contributed by atoms with Crippen LogP contribution in [-0.4, -0.2) is 34.1 Å². The molecule has 29 heavy (non-hydrogen) atoms. The van der Waals surface area contributed by atoms with Crippen LogP contribution in [0.3, 0.4) is 0 Å². The Morgan fingerprint density at radius 1 is 1.17 bits per heavy atom. The minimum atomic E-state index is -0.335. The third kappa shape index (κ3) is 3.43. The maximum absolute atomic E-state index is 12.7. The minimum Gasteiger partial charge on any atom is -0.462 e. The molecule has 150 valence electrons. The molecule has 1 aliphatic rings. The van der Waals surface area contributed by atoms with Gasteiger partial charge in [0, 0.05) is 30.7 Å². The summed E-state index contributed by atoms with van der Waals surface area (Å²) in [6.45, 7) is 9.80. The lowest BCUT2D eigenvalue weighted by atomic mass is 9.99. The SMILES string of the molecule is CCOC(=O)c1cnc2c(C)c(C)ccc2c1N1CCc2cnc(CC)nc2C1. The smallest absolute Gasteiger partial charge is 0.341 e. The van der Waals surface area contributed by atoms with Gasteiger partial charge in [-0.25, -0.2) is 14.8 Å². The zero-order chi connectivity index (χ0) is 20.5. The Morgan fingerprint density at radius 2 is 2.00 bits per heavy atom. The molecule has 2 aromatic heterocycles. The fourth-order valence-corrected chi connectivity index (χ4v) is 3.90. The highest BCUT2D eigenvalue weighted by Crippen LogP contribution is 2.35. The summed E-state index contributed by atoms with van der Waals surface area (Å²) >= 11 is 0. The number of anilines is 1. The molecule has 0 spiro atoms. The largest absolute Gasteiger partial charge is 0.462 e. The van der Waals surface area contributed by atoms with Gasteiger partial charge in [-0.3, -0.25) is 4.98 Å². The molecule has 6 nitrogen and oxygen atoms in total. The van der Waals surface area contributed by atoms with Crippen LogP contribution in [0.4, 0.5) is 5.69 Å². The first-order valence-corrected chi connectivity index (χ1v) is 10.2. The number of rotatable bonds is 4. The number of nitrogens with zero attached hydrogens (tertiary/aromatic N) is 4. The molecule has 1 aromatic carbocycles. The molecule has 0 atom stereocenters. The standard InChI is InChI=1S/C23H26N4O2/c1-5-20-24-11-16-9-10-27(13-19(16)26-20)22-17-8-7-14(3)15(4)21(17)25-12-18(22)23(28)29-6-2/h7-8,11-12H,5-6,9-10,13H2,1-4H3. The van der Waals surface area contributed by atoms with Crippen LogP contribution < -0.4 is 4.90 Å². The fourth-order valence-electron chi connectivity index (χ4n) is 3.90. The van der Waals surface area contributed by atoms with Crippen LogP contribution in [0.2, 0.25) is 0 Å². The van der Waals surface area contributed by atoms with Crippen LogP contribution >= 0.6 is 0 Å². The summed E-state index contributed by atoms with van der Waals surface area (Å²) in [5.74, 6) is 0.514. The maximum Gasteiger partial charge on any atom is 0.341 e. The van der Waals surface area contributed by atoms with Crippen molar-refractivity contribution in [3.8, 4) is 0 Å². The molecule has 0 saturated carbocycles. The van der Waals surface area contributed by atoms with Crippen molar-refractivity contribution in [3.63, 3.8) is 0 Å². The van der Waals surface area contributed by atoms with Gasteiger partial charge in [0.1, 0.15) is 11.4 Å². The topological polar surface area (TPSA) is 68.2 Å². The van der Waals surface area contributed by atoms with Crippen LogP contribution in [0.15, 0.2) is 24.5 Å². The van der Waals surface area contributed by atoms with Gasteiger partial charge in [0.2, 0.25) is 0 Å². The summed E-state index contributed by atoms with van der Waals surface area (Å²) in [4.78, 5) is 28.8. The number of esters is 1. The highest BCUT2D eigenvalue weighted by atomic mass is 16.5. The number of ether oxygens (including phenoxy) is 1. The number of hydrogen-bond donors (Lipinski definition) is 0. The third-order valence-corrected chi connectivity index (χ3v) is 5.66. The van der Waals surface area contributed by atoms with E-state index in [1.54, 1.807) is 6.20 Å². The number of carbonyl (C=O) groups excluding carboxylic acids is 1. The molecule has 0 aliphatic carbocycles. The van der Waals surface area contributed by atoms with Gasteiger partial charge in [0.15, 0.2) is 0 Å². The van der Waals surface area contributed by atoms with E-state index in [4.69, 9.17) is 9.72 Å². The monoisotopic (exact) mass is 390 g/mol. The van der Waals surface area contributed by atoms with Crippen molar-refractivity contribution in [1.82, 2.24) is 15.0 Å². The number of aromatic nitrogens is 3. The Hall–Kier alpha value is -3.02. The van der Waals surface area contributed by atoms with Gasteiger partial charge in [0.05, 0.1) is 30.0 Å². The summed E-state index contributed by atoms with van der Waals surface area (Å²) in [6.07, 6.45) is 5.26. The van der Waals surface area contributed by atoms with Gasteiger partial charge in [0.25, 0.3) is 0 Å². The predicted molar refractivity (Wildman–Crippen MR) is 113 cm³/mol. The van der Waals surface area contributed by atoms with E-state index >= 15 is 0 Å². The molecule has 0 unspecified atom stereocenters. The average molecular weight is 390 g/mol. The van der Waals surface area contributed by atoms with Gasteiger partial charge in [-0.05, 0) is 43.9 Å². The van der Waals surface area contributed by atoms with Crippen molar-refractivity contribution in [2.75, 3.05) is 18.1 Å². The number of aryl methyl sites for hydroxylation is 3. The molecular formula is C23H26N4O2. The lowest BCUT2D eigenvalue weighted by Crippen LogP contribution is -2.33. The van der Waals surface area contributed by atoms with Crippen LogP contribution in [0.1, 0.15) is 52.4 Å². The Labute approximate surface area is 171 Å². The van der Waals surface area contributed by atoms with Crippen molar-refractivity contribution < 1.29 is 9.53 Å². The molecule has 4 rings (SSSR count). The van der Waals surface area contributed by atoms with E-state index in [0.717, 1.165) is 53.1 Å². The fraction of sp³-hybridized carbons (Fsp3) is 0.391. The molecule has 0 fully saturated rings. The molecule has 6 heteroatoms. The highest BCUT2D eigenvalue weighted by molar-refractivity contribution is 6.06. The maximum atomic E-state index is 12.7. The summed E-state index contributed by atoms with van der Waals surface area (Å²) < 4.78 is 5.34. The molecule has 0 radical (unpaired) electrons. The van der Waals surface area contributed by atoms with Gasteiger partial charge in [-0.1, -0.05) is 19.1 Å². The zero-order valence-corrected chi connectivity index (χ0v) is 17.5. The molecule has 0 N–H and O–H groups in total. The minimum absolute atomic E-state index is 0.332. The van der Waals surface area contributed by atoms with Crippen molar-refractivity contribution in [1.29, 1.82) is 0 Å². The van der Waals surface area contributed by atoms with E-state index in [9.17, 15) is 4.79 Å². The van der Waals surface area contributed by atoms with E-state index in [1.807, 2.05) is 13.1 Å². The zero-order valence-electron chi connectivity index (χ0n) is 17.5. The molecule has 0 amide bonds. The van der Waals surface area contributed by atoms with Gasteiger partial charge in [-0.15, -0.1) is 0 Å². The predicted octanol–water partition coefficient (Wildman–Crippen LogP) is 3.94. The molecule has 0 saturated heterocycles. The Kier molecular flexibility index (Phi) is 5.18.